The maximum atomic E-state index is 5.32. The third-order valence-electron chi connectivity index (χ3n) is 1.79. The Labute approximate surface area is 56.7 Å². The van der Waals surface area contributed by atoms with Crippen LogP contribution in [0.4, 0.5) is 0 Å². The fraction of sp³-hybridized carbons (Fsp3) is 0.750. The highest BCUT2D eigenvalue weighted by molar-refractivity contribution is 4.99. The van der Waals surface area contributed by atoms with Crippen molar-refractivity contribution in [3.63, 3.8) is 0 Å². The van der Waals surface area contributed by atoms with Crippen molar-refractivity contribution in [1.29, 1.82) is 0 Å². The lowest BCUT2D eigenvalue weighted by molar-refractivity contribution is 0.135. The van der Waals surface area contributed by atoms with Crippen molar-refractivity contribution in [3.05, 3.63) is 11.8 Å². The summed E-state index contributed by atoms with van der Waals surface area (Å²) in [6.07, 6.45) is 5.94. The third-order valence-corrected chi connectivity index (χ3v) is 1.79. The number of hydrogen-bond donors (Lipinski definition) is 0. The summed E-state index contributed by atoms with van der Waals surface area (Å²) in [4.78, 5) is 0. The van der Waals surface area contributed by atoms with E-state index in [0.717, 1.165) is 6.42 Å². The predicted octanol–water partition coefficient (Wildman–Crippen LogP) is 2.48. The predicted molar refractivity (Wildman–Crippen MR) is 38.2 cm³/mol. The molecule has 1 nitrogen and oxygen atoms in total. The number of allylic oxidation sites excluding steroid dienone is 1. The van der Waals surface area contributed by atoms with Crippen LogP contribution in [0.2, 0.25) is 0 Å². The normalized spacial score (nSPS) is 26.9. The maximum absolute atomic E-state index is 5.32. The van der Waals surface area contributed by atoms with Crippen LogP contribution in [-0.2, 0) is 4.74 Å². The molecule has 0 aromatic carbocycles. The lowest BCUT2D eigenvalue weighted by Gasteiger charge is -2.18. The summed E-state index contributed by atoms with van der Waals surface area (Å²) in [7, 11) is 0. The summed E-state index contributed by atoms with van der Waals surface area (Å²) in [6, 6.07) is 0. The van der Waals surface area contributed by atoms with E-state index >= 15 is 0 Å². The van der Waals surface area contributed by atoms with E-state index < -0.39 is 0 Å². The van der Waals surface area contributed by atoms with Gasteiger partial charge in [-0.05, 0) is 31.8 Å². The first-order chi connectivity index (χ1) is 4.33. The fourth-order valence-corrected chi connectivity index (χ4v) is 0.988. The largest absolute Gasteiger partial charge is 0.498 e. The van der Waals surface area contributed by atoms with Crippen molar-refractivity contribution in [2.24, 2.45) is 0 Å². The Kier molecular flexibility index (Phi) is 2.15. The zero-order valence-corrected chi connectivity index (χ0v) is 6.18. The molecule has 0 saturated carbocycles. The summed E-state index contributed by atoms with van der Waals surface area (Å²) >= 11 is 0. The van der Waals surface area contributed by atoms with Crippen LogP contribution in [0, 0.1) is 0 Å². The van der Waals surface area contributed by atoms with E-state index in [1.54, 1.807) is 0 Å². The molecule has 0 amide bonds. The first-order valence-electron chi connectivity index (χ1n) is 3.66. The van der Waals surface area contributed by atoms with Gasteiger partial charge in [0.1, 0.15) is 0 Å². The molecule has 0 unspecified atom stereocenters. The molecule has 1 aliphatic heterocycles. The van der Waals surface area contributed by atoms with E-state index in [4.69, 9.17) is 4.74 Å². The summed E-state index contributed by atoms with van der Waals surface area (Å²) < 4.78 is 5.32. The molecule has 0 spiro atoms. The van der Waals surface area contributed by atoms with Gasteiger partial charge >= 0.3 is 0 Å². The third kappa shape index (κ3) is 1.74. The van der Waals surface area contributed by atoms with Crippen LogP contribution in [-0.4, -0.2) is 6.10 Å². The van der Waals surface area contributed by atoms with Crippen LogP contribution in [0.15, 0.2) is 11.8 Å². The molecule has 1 aliphatic rings. The van der Waals surface area contributed by atoms with Gasteiger partial charge in [0.25, 0.3) is 0 Å². The summed E-state index contributed by atoms with van der Waals surface area (Å²) in [5.41, 5.74) is 1.45. The van der Waals surface area contributed by atoms with E-state index in [0.29, 0.717) is 6.10 Å². The minimum atomic E-state index is 0.445. The van der Waals surface area contributed by atoms with Gasteiger partial charge in [0.15, 0.2) is 0 Å². The van der Waals surface area contributed by atoms with Gasteiger partial charge in [-0.1, -0.05) is 6.92 Å². The monoisotopic (exact) mass is 126 g/mol. The molecule has 0 fully saturated rings. The van der Waals surface area contributed by atoms with Gasteiger partial charge in [0, 0.05) is 0 Å². The molecule has 9 heavy (non-hydrogen) atoms. The molecule has 0 N–H and O–H groups in total. The Morgan fingerprint density at radius 1 is 1.78 bits per heavy atom. The van der Waals surface area contributed by atoms with Gasteiger partial charge in [0.2, 0.25) is 0 Å². The maximum Gasteiger partial charge on any atom is 0.0953 e. The minimum Gasteiger partial charge on any atom is -0.498 e. The molecule has 0 aromatic rings. The van der Waals surface area contributed by atoms with E-state index in [2.05, 4.69) is 13.8 Å². The van der Waals surface area contributed by atoms with Gasteiger partial charge in [-0.3, -0.25) is 0 Å². The van der Waals surface area contributed by atoms with Crippen LogP contribution < -0.4 is 0 Å². The lowest BCUT2D eigenvalue weighted by atomic mass is 10.1. The molecule has 1 rings (SSSR count). The summed E-state index contributed by atoms with van der Waals surface area (Å²) in [5.74, 6) is 0. The Hall–Kier alpha value is -0.460. The van der Waals surface area contributed by atoms with Gasteiger partial charge in [-0.25, -0.2) is 0 Å². The lowest BCUT2D eigenvalue weighted by Crippen LogP contribution is -2.09. The molecular weight excluding hydrogens is 112 g/mol. The van der Waals surface area contributed by atoms with Crippen LogP contribution in [0.3, 0.4) is 0 Å². The van der Waals surface area contributed by atoms with Crippen molar-refractivity contribution < 1.29 is 4.74 Å². The van der Waals surface area contributed by atoms with Crippen molar-refractivity contribution in [3.8, 4) is 0 Å². The number of hydrogen-bond acceptors (Lipinski definition) is 1. The van der Waals surface area contributed by atoms with Gasteiger partial charge in [-0.15, -0.1) is 0 Å². The van der Waals surface area contributed by atoms with Crippen LogP contribution >= 0.6 is 0 Å². The standard InChI is InChI=1S/C8H14O/c1-3-8-5-4-7(2)9-6-8/h6-7H,3-5H2,1-2H3/t7-/m1/s1. The highest BCUT2D eigenvalue weighted by Crippen LogP contribution is 2.18. The molecule has 0 aromatic heterocycles. The topological polar surface area (TPSA) is 9.23 Å². The molecule has 1 heteroatoms. The van der Waals surface area contributed by atoms with Crippen LogP contribution in [0.25, 0.3) is 0 Å². The first kappa shape index (κ1) is 6.66. The van der Waals surface area contributed by atoms with E-state index in [1.807, 2.05) is 6.26 Å². The first-order valence-corrected chi connectivity index (χ1v) is 3.66. The second kappa shape index (κ2) is 2.90. The smallest absolute Gasteiger partial charge is 0.0953 e. The van der Waals surface area contributed by atoms with Crippen LogP contribution in [0.5, 0.6) is 0 Å². The summed E-state index contributed by atoms with van der Waals surface area (Å²) in [6.45, 7) is 4.29. The molecule has 0 radical (unpaired) electrons. The molecule has 1 atom stereocenters. The molecule has 0 aliphatic carbocycles. The molecule has 52 valence electrons. The highest BCUT2D eigenvalue weighted by atomic mass is 16.5. The van der Waals surface area contributed by atoms with Gasteiger partial charge < -0.3 is 4.74 Å². The molecule has 0 saturated heterocycles. The summed E-state index contributed by atoms with van der Waals surface area (Å²) in [5, 5.41) is 0. The average molecular weight is 126 g/mol. The quantitative estimate of drug-likeness (QED) is 0.524. The zero-order valence-electron chi connectivity index (χ0n) is 6.18. The second-order valence-corrected chi connectivity index (χ2v) is 2.62. The Morgan fingerprint density at radius 3 is 3.00 bits per heavy atom. The number of rotatable bonds is 1. The van der Waals surface area contributed by atoms with E-state index in [9.17, 15) is 0 Å². The van der Waals surface area contributed by atoms with Crippen LogP contribution in [0.1, 0.15) is 33.1 Å². The Bertz CT molecular complexity index is 116. The van der Waals surface area contributed by atoms with E-state index in [1.165, 1.54) is 18.4 Å². The average Bonchev–Trinajstić information content (AvgIpc) is 1.90. The molecular formula is C8H14O. The van der Waals surface area contributed by atoms with Gasteiger partial charge in [0.05, 0.1) is 12.4 Å². The fourth-order valence-electron chi connectivity index (χ4n) is 0.988. The Morgan fingerprint density at radius 2 is 2.56 bits per heavy atom. The minimum absolute atomic E-state index is 0.445. The van der Waals surface area contributed by atoms with Gasteiger partial charge in [-0.2, -0.15) is 0 Å². The van der Waals surface area contributed by atoms with Crippen molar-refractivity contribution in [1.82, 2.24) is 0 Å². The number of ether oxygens (including phenoxy) is 1. The Balaban J connectivity index is 2.40. The van der Waals surface area contributed by atoms with E-state index in [-0.39, 0.29) is 0 Å². The molecule has 1 heterocycles. The second-order valence-electron chi connectivity index (χ2n) is 2.62. The molecule has 0 bridgehead atoms. The SMILES string of the molecule is CCC1=CO[C@H](C)CC1. The highest BCUT2D eigenvalue weighted by Gasteiger charge is 2.08. The zero-order chi connectivity index (χ0) is 6.69. The van der Waals surface area contributed by atoms with Crippen molar-refractivity contribution >= 4 is 0 Å². The van der Waals surface area contributed by atoms with Crippen molar-refractivity contribution in [2.75, 3.05) is 0 Å². The van der Waals surface area contributed by atoms with Crippen molar-refractivity contribution in [2.45, 2.75) is 39.2 Å².